The number of ether oxygens (including phenoxy) is 2. The summed E-state index contributed by atoms with van der Waals surface area (Å²) >= 11 is 1.58. The molecule has 0 aliphatic heterocycles. The van der Waals surface area contributed by atoms with Gasteiger partial charge in [0.1, 0.15) is 22.9 Å². The summed E-state index contributed by atoms with van der Waals surface area (Å²) in [6.45, 7) is 2.36. The third kappa shape index (κ3) is 3.63. The molecule has 0 radical (unpaired) electrons. The molecule has 0 fully saturated rings. The van der Waals surface area contributed by atoms with Crippen LogP contribution in [0.4, 0.5) is 0 Å². The van der Waals surface area contributed by atoms with Crippen LogP contribution < -0.4 is 4.74 Å². The fourth-order valence-electron chi connectivity index (χ4n) is 2.22. The molecule has 1 heterocycles. The van der Waals surface area contributed by atoms with E-state index in [1.807, 2.05) is 11.4 Å². The zero-order valence-corrected chi connectivity index (χ0v) is 14.3. The van der Waals surface area contributed by atoms with E-state index in [-0.39, 0.29) is 0 Å². The van der Waals surface area contributed by atoms with Crippen LogP contribution in [0.2, 0.25) is 0 Å². The van der Waals surface area contributed by atoms with Gasteiger partial charge in [-0.2, -0.15) is 0 Å². The Balaban J connectivity index is 1.72. The summed E-state index contributed by atoms with van der Waals surface area (Å²) in [6, 6.07) is 15.3. The Bertz CT molecular complexity index is 840. The van der Waals surface area contributed by atoms with Crippen molar-refractivity contribution in [2.24, 2.45) is 0 Å². The molecule has 0 aliphatic carbocycles. The van der Waals surface area contributed by atoms with Crippen molar-refractivity contribution in [3.8, 4) is 16.3 Å². The lowest BCUT2D eigenvalue weighted by Crippen LogP contribution is -2.05. The van der Waals surface area contributed by atoms with Crippen LogP contribution >= 0.6 is 11.3 Å². The van der Waals surface area contributed by atoms with Gasteiger partial charge in [0.2, 0.25) is 0 Å². The number of nitrogens with zero attached hydrogens (tertiary/aromatic N) is 1. The highest BCUT2D eigenvalue weighted by Crippen LogP contribution is 2.25. The largest absolute Gasteiger partial charge is 0.486 e. The van der Waals surface area contributed by atoms with Gasteiger partial charge in [-0.05, 0) is 19.1 Å². The van der Waals surface area contributed by atoms with E-state index in [1.165, 1.54) is 12.7 Å². The van der Waals surface area contributed by atoms with Gasteiger partial charge in [-0.25, -0.2) is 9.78 Å². The average molecular weight is 339 g/mol. The van der Waals surface area contributed by atoms with Crippen molar-refractivity contribution in [1.82, 2.24) is 4.98 Å². The zero-order chi connectivity index (χ0) is 16.9. The minimum absolute atomic E-state index is 0.302. The third-order valence-corrected chi connectivity index (χ3v) is 4.46. The van der Waals surface area contributed by atoms with Crippen molar-refractivity contribution in [2.45, 2.75) is 13.5 Å². The number of aryl methyl sites for hydroxylation is 1. The van der Waals surface area contributed by atoms with Crippen molar-refractivity contribution >= 4 is 17.3 Å². The highest BCUT2D eigenvalue weighted by Gasteiger charge is 2.13. The Morgan fingerprint density at radius 1 is 1.12 bits per heavy atom. The summed E-state index contributed by atoms with van der Waals surface area (Å²) < 4.78 is 10.5. The Morgan fingerprint density at radius 3 is 2.62 bits per heavy atom. The second-order valence-corrected chi connectivity index (χ2v) is 6.14. The Labute approximate surface area is 144 Å². The maximum Gasteiger partial charge on any atom is 0.341 e. The van der Waals surface area contributed by atoms with Crippen LogP contribution in [0, 0.1) is 6.92 Å². The molecule has 5 heteroatoms. The molecule has 0 N–H and O–H groups in total. The molecule has 3 rings (SSSR count). The van der Waals surface area contributed by atoms with Gasteiger partial charge >= 0.3 is 5.97 Å². The maximum absolute atomic E-state index is 11.7. The van der Waals surface area contributed by atoms with Crippen LogP contribution in [-0.2, 0) is 11.3 Å². The van der Waals surface area contributed by atoms with Crippen LogP contribution in [0.25, 0.3) is 10.6 Å². The first-order valence-corrected chi connectivity index (χ1v) is 8.37. The van der Waals surface area contributed by atoms with E-state index in [0.29, 0.717) is 17.9 Å². The van der Waals surface area contributed by atoms with Gasteiger partial charge in [0.25, 0.3) is 0 Å². The average Bonchev–Trinajstić information content (AvgIpc) is 3.09. The number of methoxy groups -OCH3 is 1. The monoisotopic (exact) mass is 339 g/mol. The van der Waals surface area contributed by atoms with Gasteiger partial charge in [0.15, 0.2) is 0 Å². The lowest BCUT2D eigenvalue weighted by molar-refractivity contribution is 0.0595. The van der Waals surface area contributed by atoms with E-state index in [0.717, 1.165) is 16.3 Å². The van der Waals surface area contributed by atoms with Crippen LogP contribution in [0.1, 0.15) is 21.6 Å². The van der Waals surface area contributed by atoms with Gasteiger partial charge in [-0.3, -0.25) is 0 Å². The second kappa shape index (κ2) is 7.27. The number of aromatic nitrogens is 1. The Hall–Kier alpha value is -2.66. The number of esters is 1. The molecule has 122 valence electrons. The fourth-order valence-corrected chi connectivity index (χ4v) is 3.04. The van der Waals surface area contributed by atoms with Crippen LogP contribution in [0.15, 0.2) is 53.9 Å². The minimum atomic E-state index is -0.413. The predicted octanol–water partition coefficient (Wildman–Crippen LogP) is 4.48. The van der Waals surface area contributed by atoms with Gasteiger partial charge in [0.05, 0.1) is 12.8 Å². The summed E-state index contributed by atoms with van der Waals surface area (Å²) in [5, 5.41) is 2.92. The third-order valence-electron chi connectivity index (χ3n) is 3.52. The summed E-state index contributed by atoms with van der Waals surface area (Å²) in [6.07, 6.45) is 0. The van der Waals surface area contributed by atoms with Crippen molar-refractivity contribution in [3.63, 3.8) is 0 Å². The molecule has 3 aromatic rings. The smallest absolute Gasteiger partial charge is 0.341 e. The van der Waals surface area contributed by atoms with Crippen LogP contribution in [-0.4, -0.2) is 18.1 Å². The number of carbonyl (C=O) groups excluding carboxylic acids is 1. The molecule has 24 heavy (non-hydrogen) atoms. The standard InChI is InChI=1S/C19H17NO3S/c1-13-7-9-14(10-8-13)18-20-15(12-24-18)11-23-17-6-4-3-5-16(17)19(21)22-2/h3-10,12H,11H2,1-2H3. The SMILES string of the molecule is COC(=O)c1ccccc1OCc1csc(-c2ccc(C)cc2)n1. The van der Waals surface area contributed by atoms with E-state index in [4.69, 9.17) is 9.47 Å². The first-order valence-electron chi connectivity index (χ1n) is 7.49. The molecule has 2 aromatic carbocycles. The normalized spacial score (nSPS) is 10.4. The molecule has 0 aliphatic rings. The van der Waals surface area contributed by atoms with E-state index in [9.17, 15) is 4.79 Å². The number of rotatable bonds is 5. The topological polar surface area (TPSA) is 48.4 Å². The number of thiazole rings is 1. The number of carbonyl (C=O) groups is 1. The number of hydrogen-bond donors (Lipinski definition) is 0. The maximum atomic E-state index is 11.7. The molecule has 0 saturated carbocycles. The molecule has 1 aromatic heterocycles. The zero-order valence-electron chi connectivity index (χ0n) is 13.5. The van der Waals surface area contributed by atoms with E-state index >= 15 is 0 Å². The quantitative estimate of drug-likeness (QED) is 0.643. The lowest BCUT2D eigenvalue weighted by atomic mass is 10.2. The van der Waals surface area contributed by atoms with E-state index in [1.54, 1.807) is 29.5 Å². The molecule has 0 bridgehead atoms. The van der Waals surface area contributed by atoms with E-state index < -0.39 is 5.97 Å². The van der Waals surface area contributed by atoms with Crippen LogP contribution in [0.5, 0.6) is 5.75 Å². The van der Waals surface area contributed by atoms with Crippen molar-refractivity contribution in [3.05, 3.63) is 70.7 Å². The molecule has 0 saturated heterocycles. The van der Waals surface area contributed by atoms with Crippen molar-refractivity contribution in [1.29, 1.82) is 0 Å². The van der Waals surface area contributed by atoms with Gasteiger partial charge < -0.3 is 9.47 Å². The molecule has 0 amide bonds. The first kappa shape index (κ1) is 16.2. The highest BCUT2D eigenvalue weighted by atomic mass is 32.1. The number of para-hydroxylation sites is 1. The summed E-state index contributed by atoms with van der Waals surface area (Å²) in [5.41, 5.74) is 3.55. The number of benzene rings is 2. The minimum Gasteiger partial charge on any atom is -0.486 e. The molecular formula is C19H17NO3S. The Kier molecular flexibility index (Phi) is 4.91. The molecule has 4 nitrogen and oxygen atoms in total. The lowest BCUT2D eigenvalue weighted by Gasteiger charge is -2.08. The van der Waals surface area contributed by atoms with Gasteiger partial charge in [-0.15, -0.1) is 11.3 Å². The van der Waals surface area contributed by atoms with Crippen molar-refractivity contribution in [2.75, 3.05) is 7.11 Å². The molecule has 0 spiro atoms. The van der Waals surface area contributed by atoms with E-state index in [2.05, 4.69) is 36.2 Å². The van der Waals surface area contributed by atoms with Gasteiger partial charge in [-0.1, -0.05) is 42.0 Å². The second-order valence-electron chi connectivity index (χ2n) is 5.29. The fraction of sp³-hybridized carbons (Fsp3) is 0.158. The van der Waals surface area contributed by atoms with Crippen molar-refractivity contribution < 1.29 is 14.3 Å². The Morgan fingerprint density at radius 2 is 1.88 bits per heavy atom. The summed E-state index contributed by atoms with van der Waals surface area (Å²) in [7, 11) is 1.35. The number of hydrogen-bond acceptors (Lipinski definition) is 5. The summed E-state index contributed by atoms with van der Waals surface area (Å²) in [4.78, 5) is 16.3. The molecule has 0 atom stereocenters. The summed E-state index contributed by atoms with van der Waals surface area (Å²) in [5.74, 6) is 0.0819. The molecule has 0 unspecified atom stereocenters. The highest BCUT2D eigenvalue weighted by molar-refractivity contribution is 7.13. The van der Waals surface area contributed by atoms with Crippen LogP contribution in [0.3, 0.4) is 0 Å². The first-order chi connectivity index (χ1) is 11.7. The molecular weight excluding hydrogens is 322 g/mol. The predicted molar refractivity (Wildman–Crippen MR) is 94.4 cm³/mol. The van der Waals surface area contributed by atoms with Gasteiger partial charge in [0, 0.05) is 10.9 Å².